The third kappa shape index (κ3) is 5.06. The Morgan fingerprint density at radius 2 is 1.94 bits per heavy atom. The van der Waals surface area contributed by atoms with E-state index in [-0.39, 0.29) is 17.7 Å². The molecule has 31 heavy (non-hydrogen) atoms. The van der Waals surface area contributed by atoms with E-state index < -0.39 is 0 Å². The number of benzene rings is 1. The number of thiazole rings is 1. The number of thiophene rings is 1. The first-order chi connectivity index (χ1) is 15.0. The van der Waals surface area contributed by atoms with Crippen molar-refractivity contribution in [1.82, 2.24) is 19.7 Å². The third-order valence-electron chi connectivity index (χ3n) is 4.59. The lowest BCUT2D eigenvalue weighted by Crippen LogP contribution is -2.15. The molecule has 4 aromatic rings. The molecular weight excluding hydrogens is 446 g/mol. The van der Waals surface area contributed by atoms with Crippen molar-refractivity contribution in [3.05, 3.63) is 52.0 Å². The van der Waals surface area contributed by atoms with Gasteiger partial charge in [0.05, 0.1) is 11.4 Å². The van der Waals surface area contributed by atoms with Crippen molar-refractivity contribution >= 4 is 45.5 Å². The Labute approximate surface area is 193 Å². The Kier molecular flexibility index (Phi) is 6.84. The maximum atomic E-state index is 12.5. The van der Waals surface area contributed by atoms with E-state index in [4.69, 9.17) is 0 Å². The molecule has 6 nitrogen and oxygen atoms in total. The van der Waals surface area contributed by atoms with Gasteiger partial charge in [-0.1, -0.05) is 49.0 Å². The van der Waals surface area contributed by atoms with Gasteiger partial charge in [0.15, 0.2) is 16.1 Å². The largest absolute Gasteiger partial charge is 0.301 e. The van der Waals surface area contributed by atoms with Crippen molar-refractivity contribution < 1.29 is 4.79 Å². The van der Waals surface area contributed by atoms with Crippen LogP contribution in [0.25, 0.3) is 22.6 Å². The van der Waals surface area contributed by atoms with Gasteiger partial charge in [0.1, 0.15) is 0 Å². The summed E-state index contributed by atoms with van der Waals surface area (Å²) in [4.78, 5) is 18.4. The molecule has 0 aliphatic rings. The smallest absolute Gasteiger partial charge is 0.236 e. The highest BCUT2D eigenvalue weighted by Crippen LogP contribution is 2.31. The Morgan fingerprint density at radius 3 is 2.65 bits per heavy atom. The second-order valence-electron chi connectivity index (χ2n) is 7.17. The van der Waals surface area contributed by atoms with Crippen LogP contribution < -0.4 is 5.32 Å². The van der Waals surface area contributed by atoms with Crippen LogP contribution in [0.1, 0.15) is 31.7 Å². The molecule has 0 fully saturated rings. The van der Waals surface area contributed by atoms with Gasteiger partial charge in [-0.3, -0.25) is 9.36 Å². The van der Waals surface area contributed by atoms with Crippen molar-refractivity contribution in [1.29, 1.82) is 0 Å². The summed E-state index contributed by atoms with van der Waals surface area (Å²) in [6.07, 6.45) is 1.00. The molecule has 0 spiro atoms. The molecule has 3 heterocycles. The first kappa shape index (κ1) is 21.7. The zero-order valence-corrected chi connectivity index (χ0v) is 20.0. The van der Waals surface area contributed by atoms with Crippen molar-refractivity contribution in [2.45, 2.75) is 38.4 Å². The van der Waals surface area contributed by atoms with E-state index in [2.05, 4.69) is 57.3 Å². The highest BCUT2D eigenvalue weighted by atomic mass is 32.2. The molecule has 0 atom stereocenters. The molecule has 1 aromatic carbocycles. The molecule has 0 saturated carbocycles. The van der Waals surface area contributed by atoms with Gasteiger partial charge in [-0.05, 0) is 26.3 Å². The summed E-state index contributed by atoms with van der Waals surface area (Å²) >= 11 is 4.55. The molecule has 160 valence electrons. The normalized spacial score (nSPS) is 11.2. The van der Waals surface area contributed by atoms with Gasteiger partial charge in [0, 0.05) is 32.8 Å². The molecule has 9 heteroatoms. The number of thioether (sulfide) groups is 1. The fraction of sp³-hybridized carbons (Fsp3) is 0.273. The van der Waals surface area contributed by atoms with Gasteiger partial charge < -0.3 is 5.32 Å². The predicted octanol–water partition coefficient (Wildman–Crippen LogP) is 6.00. The molecule has 1 amide bonds. The topological polar surface area (TPSA) is 72.7 Å². The first-order valence-corrected chi connectivity index (χ1v) is 12.8. The first-order valence-electron chi connectivity index (χ1n) is 10.0. The lowest BCUT2D eigenvalue weighted by Gasteiger charge is -2.13. The number of aryl methyl sites for hydroxylation is 1. The zero-order chi connectivity index (χ0) is 21.8. The van der Waals surface area contributed by atoms with E-state index in [1.54, 1.807) is 11.3 Å². The third-order valence-corrected chi connectivity index (χ3v) is 7.38. The van der Waals surface area contributed by atoms with Gasteiger partial charge in [-0.15, -0.1) is 32.9 Å². The molecule has 0 aliphatic heterocycles. The number of carbonyl (C=O) groups excluding carboxylic acids is 1. The standard InChI is InChI=1S/C22H23N5OS3/c1-4-17-10-16(11-29-17)20-25-26-22(27(20)14(2)3)31-13-19(28)24-21-23-18(12-30-21)15-8-6-5-7-9-15/h5-12,14H,4,13H2,1-3H3,(H,23,24,28). The van der Waals surface area contributed by atoms with Crippen molar-refractivity contribution in [3.8, 4) is 22.6 Å². The molecular formula is C22H23N5OS3. The van der Waals surface area contributed by atoms with E-state index in [9.17, 15) is 4.79 Å². The Morgan fingerprint density at radius 1 is 1.13 bits per heavy atom. The number of hydrogen-bond donors (Lipinski definition) is 1. The van der Waals surface area contributed by atoms with Crippen LogP contribution in [0.2, 0.25) is 0 Å². The van der Waals surface area contributed by atoms with Crippen LogP contribution in [-0.2, 0) is 11.2 Å². The minimum Gasteiger partial charge on any atom is -0.301 e. The average Bonchev–Trinajstić information content (AvgIpc) is 3.51. The summed E-state index contributed by atoms with van der Waals surface area (Å²) in [6, 6.07) is 12.3. The number of anilines is 1. The molecule has 0 aliphatic carbocycles. The summed E-state index contributed by atoms with van der Waals surface area (Å²) < 4.78 is 2.09. The van der Waals surface area contributed by atoms with Crippen LogP contribution in [0.4, 0.5) is 5.13 Å². The lowest BCUT2D eigenvalue weighted by molar-refractivity contribution is -0.113. The molecule has 0 radical (unpaired) electrons. The van der Waals surface area contributed by atoms with E-state index in [0.29, 0.717) is 5.13 Å². The van der Waals surface area contributed by atoms with Crippen molar-refractivity contribution in [2.75, 3.05) is 11.1 Å². The van der Waals surface area contributed by atoms with Gasteiger partial charge in [-0.2, -0.15) is 0 Å². The van der Waals surface area contributed by atoms with Crippen LogP contribution in [0, 0.1) is 0 Å². The SMILES string of the molecule is CCc1cc(-c2nnc(SCC(=O)Nc3nc(-c4ccccc4)cs3)n2C(C)C)cs1. The quantitative estimate of drug-likeness (QED) is 0.320. The average molecular weight is 470 g/mol. The molecule has 0 unspecified atom stereocenters. The second-order valence-corrected chi connectivity index (χ2v) is 9.96. The number of nitrogens with zero attached hydrogens (tertiary/aromatic N) is 4. The van der Waals surface area contributed by atoms with Crippen molar-refractivity contribution in [2.24, 2.45) is 0 Å². The van der Waals surface area contributed by atoms with Gasteiger partial charge in [-0.25, -0.2) is 4.98 Å². The van der Waals surface area contributed by atoms with Crippen LogP contribution in [0.15, 0.2) is 52.3 Å². The summed E-state index contributed by atoms with van der Waals surface area (Å²) in [6.45, 7) is 6.35. The number of carbonyl (C=O) groups is 1. The summed E-state index contributed by atoms with van der Waals surface area (Å²) in [7, 11) is 0. The Bertz CT molecular complexity index is 1160. The number of rotatable bonds is 8. The van der Waals surface area contributed by atoms with Crippen LogP contribution in [0.5, 0.6) is 0 Å². The van der Waals surface area contributed by atoms with E-state index >= 15 is 0 Å². The maximum absolute atomic E-state index is 12.5. The predicted molar refractivity (Wildman–Crippen MR) is 130 cm³/mol. The monoisotopic (exact) mass is 469 g/mol. The number of hydrogen-bond acceptors (Lipinski definition) is 7. The fourth-order valence-electron chi connectivity index (χ4n) is 3.08. The molecule has 4 rings (SSSR count). The fourth-order valence-corrected chi connectivity index (χ4v) is 5.50. The van der Waals surface area contributed by atoms with Gasteiger partial charge in [0.2, 0.25) is 5.91 Å². The van der Waals surface area contributed by atoms with E-state index in [1.807, 2.05) is 35.7 Å². The molecule has 0 bridgehead atoms. The Balaban J connectivity index is 1.42. The maximum Gasteiger partial charge on any atom is 0.236 e. The zero-order valence-electron chi connectivity index (χ0n) is 17.5. The van der Waals surface area contributed by atoms with E-state index in [0.717, 1.165) is 34.2 Å². The molecule has 0 saturated heterocycles. The number of amides is 1. The number of nitrogens with one attached hydrogen (secondary N) is 1. The minimum atomic E-state index is -0.109. The highest BCUT2D eigenvalue weighted by molar-refractivity contribution is 7.99. The van der Waals surface area contributed by atoms with Crippen LogP contribution in [-0.4, -0.2) is 31.4 Å². The summed E-state index contributed by atoms with van der Waals surface area (Å²) in [5, 5.41) is 17.1. The molecule has 3 aromatic heterocycles. The summed E-state index contributed by atoms with van der Waals surface area (Å²) in [5.74, 6) is 0.985. The van der Waals surface area contributed by atoms with Crippen LogP contribution in [0.3, 0.4) is 0 Å². The highest BCUT2D eigenvalue weighted by Gasteiger charge is 2.19. The van der Waals surface area contributed by atoms with Crippen LogP contribution >= 0.6 is 34.4 Å². The second kappa shape index (κ2) is 9.76. The van der Waals surface area contributed by atoms with E-state index in [1.165, 1.54) is 28.0 Å². The molecule has 1 N–H and O–H groups in total. The Hall–Kier alpha value is -2.49. The minimum absolute atomic E-state index is 0.109. The van der Waals surface area contributed by atoms with Gasteiger partial charge >= 0.3 is 0 Å². The number of aromatic nitrogens is 4. The summed E-state index contributed by atoms with van der Waals surface area (Å²) in [5.41, 5.74) is 2.97. The lowest BCUT2D eigenvalue weighted by atomic mass is 10.2. The van der Waals surface area contributed by atoms with Crippen molar-refractivity contribution in [3.63, 3.8) is 0 Å². The van der Waals surface area contributed by atoms with Gasteiger partial charge in [0.25, 0.3) is 0 Å².